The Morgan fingerprint density at radius 3 is 0.984 bits per heavy atom. The van der Waals surface area contributed by atoms with Crippen molar-refractivity contribution in [2.75, 3.05) is 13.2 Å². The van der Waals surface area contributed by atoms with Gasteiger partial charge in [0, 0.05) is 19.3 Å². The Balaban J connectivity index is 4.37. The first kappa shape index (κ1) is 58.9. The molecular weight excluding hydrogens is 769 g/mol. The summed E-state index contributed by atoms with van der Waals surface area (Å²) in [5.41, 5.74) is 0. The Morgan fingerprint density at radius 2 is 0.629 bits per heavy atom. The molecule has 0 aliphatic heterocycles. The lowest BCUT2D eigenvalue weighted by Gasteiger charge is -2.18. The minimum absolute atomic E-state index is 0.0819. The number of hydrogen-bond acceptors (Lipinski definition) is 6. The summed E-state index contributed by atoms with van der Waals surface area (Å²) in [6, 6.07) is 0. The van der Waals surface area contributed by atoms with Gasteiger partial charge in [0.25, 0.3) is 0 Å². The van der Waals surface area contributed by atoms with Crippen molar-refractivity contribution >= 4 is 17.9 Å². The van der Waals surface area contributed by atoms with Gasteiger partial charge in [-0.2, -0.15) is 0 Å². The van der Waals surface area contributed by atoms with Gasteiger partial charge in [-0.1, -0.05) is 216 Å². The molecule has 6 heteroatoms. The summed E-state index contributed by atoms with van der Waals surface area (Å²) in [7, 11) is 0. The minimum atomic E-state index is -0.783. The average Bonchev–Trinajstić information content (AvgIpc) is 3.27. The van der Waals surface area contributed by atoms with Crippen LogP contribution in [0, 0.1) is 0 Å². The van der Waals surface area contributed by atoms with Crippen molar-refractivity contribution in [1.82, 2.24) is 0 Å². The average molecular weight is 865 g/mol. The highest BCUT2D eigenvalue weighted by molar-refractivity contribution is 5.71. The van der Waals surface area contributed by atoms with Gasteiger partial charge in [-0.15, -0.1) is 0 Å². The van der Waals surface area contributed by atoms with Gasteiger partial charge in [0.05, 0.1) is 0 Å². The number of unbranched alkanes of at least 4 members (excludes halogenated alkanes) is 23. The molecule has 1 atom stereocenters. The van der Waals surface area contributed by atoms with Crippen LogP contribution in [0.3, 0.4) is 0 Å². The van der Waals surface area contributed by atoms with Crippen molar-refractivity contribution in [3.05, 3.63) is 72.9 Å². The molecule has 0 amide bonds. The standard InChI is InChI=1S/C56H96O6/c1-4-7-10-13-16-19-22-24-26-27-28-29-30-32-34-37-40-43-46-49-55(58)61-52-53(51-60-54(57)48-45-42-39-36-33-21-18-15-12-9-6-3)62-56(59)50-47-44-41-38-35-31-25-23-20-17-14-11-8-5-2/h7-8,10-11,16-17,19-20,24,26,28-29,53H,4-6,9,12-15,18,21-23,25,27,30-52H2,1-3H3/b10-7-,11-8-,19-16-,20-17-,26-24-,29-28-. The first-order valence-electron chi connectivity index (χ1n) is 25.9. The Hall–Kier alpha value is -3.15. The Labute approximate surface area is 382 Å². The van der Waals surface area contributed by atoms with Gasteiger partial charge in [0.15, 0.2) is 6.10 Å². The van der Waals surface area contributed by atoms with E-state index in [4.69, 9.17) is 14.2 Å². The topological polar surface area (TPSA) is 78.9 Å². The van der Waals surface area contributed by atoms with E-state index in [9.17, 15) is 14.4 Å². The van der Waals surface area contributed by atoms with Crippen molar-refractivity contribution in [3.8, 4) is 0 Å². The lowest BCUT2D eigenvalue weighted by Crippen LogP contribution is -2.30. The van der Waals surface area contributed by atoms with E-state index >= 15 is 0 Å². The van der Waals surface area contributed by atoms with Gasteiger partial charge in [-0.25, -0.2) is 0 Å². The maximum absolute atomic E-state index is 12.8. The quantitative estimate of drug-likeness (QED) is 0.0262. The highest BCUT2D eigenvalue weighted by Crippen LogP contribution is 2.15. The lowest BCUT2D eigenvalue weighted by molar-refractivity contribution is -0.167. The molecule has 62 heavy (non-hydrogen) atoms. The Morgan fingerprint density at radius 1 is 0.339 bits per heavy atom. The van der Waals surface area contributed by atoms with Crippen molar-refractivity contribution in [1.29, 1.82) is 0 Å². The Bertz CT molecular complexity index is 1180. The molecule has 0 aliphatic carbocycles. The van der Waals surface area contributed by atoms with Crippen molar-refractivity contribution < 1.29 is 28.6 Å². The fraction of sp³-hybridized carbons (Fsp3) is 0.732. The molecular formula is C56H96O6. The summed E-state index contributed by atoms with van der Waals surface area (Å²) in [6.07, 6.45) is 63.1. The number of rotatable bonds is 46. The van der Waals surface area contributed by atoms with E-state index in [0.29, 0.717) is 19.3 Å². The van der Waals surface area contributed by atoms with E-state index in [-0.39, 0.29) is 31.1 Å². The molecule has 0 saturated heterocycles. The number of hydrogen-bond donors (Lipinski definition) is 0. The number of allylic oxidation sites excluding steroid dienone is 12. The molecule has 6 nitrogen and oxygen atoms in total. The van der Waals surface area contributed by atoms with Gasteiger partial charge in [-0.3, -0.25) is 14.4 Å². The second-order valence-electron chi connectivity index (χ2n) is 17.0. The van der Waals surface area contributed by atoms with E-state index in [1.807, 2.05) is 0 Å². The molecule has 0 aromatic heterocycles. The highest BCUT2D eigenvalue weighted by atomic mass is 16.6. The second-order valence-corrected chi connectivity index (χ2v) is 17.0. The zero-order valence-electron chi connectivity index (χ0n) is 40.6. The third kappa shape index (κ3) is 47.9. The maximum Gasteiger partial charge on any atom is 0.306 e. The van der Waals surface area contributed by atoms with Gasteiger partial charge in [0.2, 0.25) is 0 Å². The van der Waals surface area contributed by atoms with Gasteiger partial charge < -0.3 is 14.2 Å². The van der Waals surface area contributed by atoms with Crippen LogP contribution in [0.25, 0.3) is 0 Å². The molecule has 1 unspecified atom stereocenters. The molecule has 0 aliphatic rings. The van der Waals surface area contributed by atoms with E-state index in [1.165, 1.54) is 96.3 Å². The summed E-state index contributed by atoms with van der Waals surface area (Å²) < 4.78 is 16.8. The third-order valence-electron chi connectivity index (χ3n) is 11.0. The first-order valence-corrected chi connectivity index (χ1v) is 25.9. The van der Waals surface area contributed by atoms with Crippen LogP contribution in [0.5, 0.6) is 0 Å². The molecule has 0 aromatic carbocycles. The van der Waals surface area contributed by atoms with E-state index in [0.717, 1.165) is 109 Å². The molecule has 0 N–H and O–H groups in total. The monoisotopic (exact) mass is 865 g/mol. The normalized spacial score (nSPS) is 12.6. The predicted molar refractivity (Wildman–Crippen MR) is 265 cm³/mol. The molecule has 0 saturated carbocycles. The van der Waals surface area contributed by atoms with Crippen LogP contribution in [-0.2, 0) is 28.6 Å². The summed E-state index contributed by atoms with van der Waals surface area (Å²) in [4.78, 5) is 38.0. The molecule has 0 heterocycles. The fourth-order valence-corrected chi connectivity index (χ4v) is 7.12. The third-order valence-corrected chi connectivity index (χ3v) is 11.0. The second kappa shape index (κ2) is 50.5. The molecule has 0 spiro atoms. The number of esters is 3. The van der Waals surface area contributed by atoms with Gasteiger partial charge in [0.1, 0.15) is 13.2 Å². The molecule has 0 bridgehead atoms. The van der Waals surface area contributed by atoms with Gasteiger partial charge in [-0.05, 0) is 83.5 Å². The van der Waals surface area contributed by atoms with E-state index in [2.05, 4.69) is 93.7 Å². The summed E-state index contributed by atoms with van der Waals surface area (Å²) in [5.74, 6) is -0.903. The molecule has 0 radical (unpaired) electrons. The predicted octanol–water partition coefficient (Wildman–Crippen LogP) is 17.0. The zero-order valence-corrected chi connectivity index (χ0v) is 40.6. The SMILES string of the molecule is CC/C=C\C/C=C\C/C=C\C/C=C\CCCCCCCCC(=O)OCC(COC(=O)CCCCCCCCCCCCC)OC(=O)CCCCCCCCC/C=C\C/C=C\CC. The van der Waals surface area contributed by atoms with Crippen LogP contribution >= 0.6 is 0 Å². The van der Waals surface area contributed by atoms with E-state index < -0.39 is 6.10 Å². The van der Waals surface area contributed by atoms with Crippen LogP contribution in [0.4, 0.5) is 0 Å². The van der Waals surface area contributed by atoms with Crippen LogP contribution in [0.2, 0.25) is 0 Å². The first-order chi connectivity index (χ1) is 30.5. The zero-order chi connectivity index (χ0) is 45.1. The minimum Gasteiger partial charge on any atom is -0.462 e. The van der Waals surface area contributed by atoms with Crippen LogP contribution in [-0.4, -0.2) is 37.2 Å². The lowest BCUT2D eigenvalue weighted by atomic mass is 10.1. The number of carbonyl (C=O) groups excluding carboxylic acids is 3. The summed E-state index contributed by atoms with van der Waals surface area (Å²) in [5, 5.41) is 0. The summed E-state index contributed by atoms with van der Waals surface area (Å²) >= 11 is 0. The van der Waals surface area contributed by atoms with E-state index in [1.54, 1.807) is 0 Å². The Kier molecular flexibility index (Phi) is 47.9. The smallest absolute Gasteiger partial charge is 0.306 e. The fourth-order valence-electron chi connectivity index (χ4n) is 7.12. The maximum atomic E-state index is 12.8. The molecule has 0 aromatic rings. The number of carbonyl (C=O) groups is 3. The van der Waals surface area contributed by atoms with Crippen LogP contribution < -0.4 is 0 Å². The van der Waals surface area contributed by atoms with Crippen LogP contribution in [0.15, 0.2) is 72.9 Å². The van der Waals surface area contributed by atoms with Crippen molar-refractivity contribution in [3.63, 3.8) is 0 Å². The molecule has 0 rings (SSSR count). The van der Waals surface area contributed by atoms with Gasteiger partial charge >= 0.3 is 17.9 Å². The van der Waals surface area contributed by atoms with Crippen molar-refractivity contribution in [2.24, 2.45) is 0 Å². The number of ether oxygens (including phenoxy) is 3. The highest BCUT2D eigenvalue weighted by Gasteiger charge is 2.19. The summed E-state index contributed by atoms with van der Waals surface area (Å²) in [6.45, 7) is 6.40. The van der Waals surface area contributed by atoms with Crippen molar-refractivity contribution in [2.45, 2.75) is 252 Å². The largest absolute Gasteiger partial charge is 0.462 e. The molecule has 356 valence electrons. The van der Waals surface area contributed by atoms with Crippen LogP contribution in [0.1, 0.15) is 245 Å². The molecule has 0 fully saturated rings.